The average molecular weight is 447 g/mol. The molecule has 3 rings (SSSR count). The van der Waals surface area contributed by atoms with Gasteiger partial charge in [-0.1, -0.05) is 88.7 Å². The van der Waals surface area contributed by atoms with Gasteiger partial charge in [0.25, 0.3) is 0 Å². The molecular weight excluding hydrogens is 429 g/mol. The average Bonchev–Trinajstić information content (AvgIpc) is 2.71. The van der Waals surface area contributed by atoms with E-state index in [1.807, 2.05) is 0 Å². The minimum Gasteiger partial charge on any atom is -0.493 e. The van der Waals surface area contributed by atoms with Gasteiger partial charge < -0.3 is 4.74 Å². The number of ether oxygens (including phenoxy) is 1. The van der Waals surface area contributed by atoms with Crippen LogP contribution in [-0.4, -0.2) is 18.1 Å². The summed E-state index contributed by atoms with van der Waals surface area (Å²) in [5, 5.41) is 0.677. The molecule has 0 radical (unpaired) electrons. The largest absolute Gasteiger partial charge is 0.493 e. The molecule has 0 aliphatic carbocycles. The maximum atomic E-state index is 14.2. The molecule has 0 unspecified atom stereocenters. The number of alkyl halides is 4. The molecule has 28 heavy (non-hydrogen) atoms. The summed E-state index contributed by atoms with van der Waals surface area (Å²) in [5.74, 6) is 0.615. The molecule has 3 aromatic rings. The van der Waals surface area contributed by atoms with Crippen molar-refractivity contribution >= 4 is 27.1 Å². The molecule has 0 amide bonds. The Morgan fingerprint density at radius 2 is 1.21 bits per heavy atom. The number of hydrogen-bond donors (Lipinski definition) is 0. The van der Waals surface area contributed by atoms with Gasteiger partial charge in [0, 0.05) is 10.9 Å². The van der Waals surface area contributed by atoms with Crippen molar-refractivity contribution in [2.75, 3.05) is 11.9 Å². The second kappa shape index (κ2) is 9.11. The third kappa shape index (κ3) is 4.84. The van der Waals surface area contributed by atoms with Crippen LogP contribution in [0.1, 0.15) is 16.7 Å². The number of hydrogen-bond acceptors (Lipinski definition) is 1. The fourth-order valence-corrected chi connectivity index (χ4v) is 3.15. The monoisotopic (exact) mass is 446 g/mol. The minimum atomic E-state index is -4.52. The lowest BCUT2D eigenvalue weighted by atomic mass is 9.89. The number of rotatable bonds is 6. The van der Waals surface area contributed by atoms with Gasteiger partial charge in [0.1, 0.15) is 5.75 Å². The minimum absolute atomic E-state index is 0.133. The van der Waals surface area contributed by atoms with Crippen molar-refractivity contribution < 1.29 is 17.9 Å². The van der Waals surface area contributed by atoms with Gasteiger partial charge in [-0.15, -0.1) is 0 Å². The van der Waals surface area contributed by atoms with Crippen LogP contribution < -0.4 is 4.74 Å². The van der Waals surface area contributed by atoms with Gasteiger partial charge in [-0.3, -0.25) is 0 Å². The normalized spacial score (nSPS) is 12.4. The summed E-state index contributed by atoms with van der Waals surface area (Å²) in [7, 11) is 0. The number of halogens is 4. The standard InChI is InChI=1S/C23H18BrF3O/c24-15-16-28-20-13-11-18(12-14-20)21(17-7-3-1-4-8-17)22(23(25,26)27)19-9-5-2-6-10-19/h1-14H,15-16H2. The molecule has 0 fully saturated rings. The first kappa shape index (κ1) is 20.2. The van der Waals surface area contributed by atoms with Gasteiger partial charge >= 0.3 is 6.18 Å². The molecule has 0 bridgehead atoms. The van der Waals surface area contributed by atoms with Gasteiger partial charge in [0.05, 0.1) is 12.2 Å². The maximum absolute atomic E-state index is 14.2. The summed E-state index contributed by atoms with van der Waals surface area (Å²) in [4.78, 5) is 0. The van der Waals surface area contributed by atoms with Gasteiger partial charge in [-0.2, -0.15) is 13.2 Å². The number of allylic oxidation sites excluding steroid dienone is 1. The van der Waals surface area contributed by atoms with Gasteiger partial charge in [0.15, 0.2) is 0 Å². The highest BCUT2D eigenvalue weighted by atomic mass is 79.9. The highest BCUT2D eigenvalue weighted by molar-refractivity contribution is 9.09. The molecule has 0 spiro atoms. The Morgan fingerprint density at radius 1 is 0.714 bits per heavy atom. The van der Waals surface area contributed by atoms with Crippen LogP contribution in [0.25, 0.3) is 11.1 Å². The predicted octanol–water partition coefficient (Wildman–Crippen LogP) is 6.98. The van der Waals surface area contributed by atoms with Crippen LogP contribution in [0.3, 0.4) is 0 Å². The number of benzene rings is 3. The second-order valence-corrected chi connectivity index (χ2v) is 6.83. The van der Waals surface area contributed by atoms with E-state index in [1.165, 1.54) is 12.1 Å². The zero-order valence-corrected chi connectivity index (χ0v) is 16.5. The zero-order valence-electron chi connectivity index (χ0n) is 14.9. The van der Waals surface area contributed by atoms with Gasteiger partial charge in [0.2, 0.25) is 0 Å². The van der Waals surface area contributed by atoms with Crippen molar-refractivity contribution in [3.8, 4) is 5.75 Å². The Balaban J connectivity index is 2.22. The summed E-state index contributed by atoms with van der Waals surface area (Å²) < 4.78 is 48.1. The smallest absolute Gasteiger partial charge is 0.417 e. The third-order valence-electron chi connectivity index (χ3n) is 4.15. The first-order valence-corrected chi connectivity index (χ1v) is 9.84. The first-order valence-electron chi connectivity index (χ1n) is 8.72. The van der Waals surface area contributed by atoms with E-state index in [1.54, 1.807) is 72.8 Å². The Hall–Kier alpha value is -2.53. The molecule has 5 heteroatoms. The summed E-state index contributed by atoms with van der Waals surface area (Å²) >= 11 is 3.28. The van der Waals surface area contributed by atoms with Crippen LogP contribution >= 0.6 is 15.9 Å². The van der Waals surface area contributed by atoms with Crippen LogP contribution in [0.5, 0.6) is 5.75 Å². The summed E-state index contributed by atoms with van der Waals surface area (Å²) in [6.45, 7) is 0.485. The highest BCUT2D eigenvalue weighted by Gasteiger charge is 2.38. The molecule has 0 saturated heterocycles. The topological polar surface area (TPSA) is 9.23 Å². The Kier molecular flexibility index (Phi) is 6.57. The Morgan fingerprint density at radius 3 is 1.71 bits per heavy atom. The molecule has 0 atom stereocenters. The molecule has 3 aromatic carbocycles. The Labute approximate surface area is 170 Å². The summed E-state index contributed by atoms with van der Waals surface area (Å²) in [5.41, 5.74) is 0.606. The highest BCUT2D eigenvalue weighted by Crippen LogP contribution is 2.42. The summed E-state index contributed by atoms with van der Waals surface area (Å²) in [6.07, 6.45) is -4.52. The third-order valence-corrected chi connectivity index (χ3v) is 4.47. The molecule has 1 nitrogen and oxygen atoms in total. The van der Waals surface area contributed by atoms with E-state index < -0.39 is 11.7 Å². The van der Waals surface area contributed by atoms with E-state index in [9.17, 15) is 13.2 Å². The molecule has 0 aromatic heterocycles. The van der Waals surface area contributed by atoms with Crippen LogP contribution in [-0.2, 0) is 0 Å². The molecule has 0 saturated carbocycles. The van der Waals surface area contributed by atoms with E-state index >= 15 is 0 Å². The van der Waals surface area contributed by atoms with Crippen molar-refractivity contribution in [2.45, 2.75) is 6.18 Å². The van der Waals surface area contributed by atoms with E-state index in [-0.39, 0.29) is 11.1 Å². The van der Waals surface area contributed by atoms with Crippen molar-refractivity contribution in [2.24, 2.45) is 0 Å². The molecule has 144 valence electrons. The van der Waals surface area contributed by atoms with Crippen molar-refractivity contribution in [3.63, 3.8) is 0 Å². The molecule has 0 aliphatic rings. The van der Waals surface area contributed by atoms with Crippen LogP contribution in [0.15, 0.2) is 84.9 Å². The molecule has 0 heterocycles. The van der Waals surface area contributed by atoms with Crippen molar-refractivity contribution in [3.05, 3.63) is 102 Å². The van der Waals surface area contributed by atoms with Crippen LogP contribution in [0.2, 0.25) is 0 Å². The lowest BCUT2D eigenvalue weighted by Gasteiger charge is -2.20. The Bertz CT molecular complexity index is 918. The lowest BCUT2D eigenvalue weighted by Crippen LogP contribution is -2.14. The fourth-order valence-electron chi connectivity index (χ4n) is 2.99. The quantitative estimate of drug-likeness (QED) is 0.293. The van der Waals surface area contributed by atoms with E-state index in [0.717, 1.165) is 0 Å². The lowest BCUT2D eigenvalue weighted by molar-refractivity contribution is -0.0685. The van der Waals surface area contributed by atoms with Crippen molar-refractivity contribution in [1.82, 2.24) is 0 Å². The van der Waals surface area contributed by atoms with Crippen LogP contribution in [0, 0.1) is 0 Å². The molecule has 0 aliphatic heterocycles. The second-order valence-electron chi connectivity index (χ2n) is 6.04. The van der Waals surface area contributed by atoms with Gasteiger partial charge in [-0.05, 0) is 28.8 Å². The van der Waals surface area contributed by atoms with E-state index in [2.05, 4.69) is 15.9 Å². The summed E-state index contributed by atoms with van der Waals surface area (Å²) in [6, 6.07) is 23.3. The SMILES string of the molecule is FC(F)(F)C(=C(c1ccccc1)c1ccc(OCCBr)cc1)c1ccccc1. The van der Waals surface area contributed by atoms with Crippen molar-refractivity contribution in [1.29, 1.82) is 0 Å². The first-order chi connectivity index (χ1) is 13.5. The fraction of sp³-hybridized carbons (Fsp3) is 0.130. The van der Waals surface area contributed by atoms with Gasteiger partial charge in [-0.25, -0.2) is 0 Å². The molecular formula is C23H18BrF3O. The zero-order chi connectivity index (χ0) is 20.0. The predicted molar refractivity (Wildman–Crippen MR) is 111 cm³/mol. The van der Waals surface area contributed by atoms with E-state index in [4.69, 9.17) is 4.74 Å². The van der Waals surface area contributed by atoms with Crippen LogP contribution in [0.4, 0.5) is 13.2 Å². The maximum Gasteiger partial charge on any atom is 0.417 e. The molecule has 0 N–H and O–H groups in total. The van der Waals surface area contributed by atoms with E-state index in [0.29, 0.717) is 28.8 Å².